The number of benzene rings is 1. The summed E-state index contributed by atoms with van der Waals surface area (Å²) < 4.78 is 1.07. The van der Waals surface area contributed by atoms with E-state index in [2.05, 4.69) is 0 Å². The van der Waals surface area contributed by atoms with E-state index in [4.69, 9.17) is 5.11 Å². The Morgan fingerprint density at radius 2 is 2.19 bits per heavy atom. The highest BCUT2D eigenvalue weighted by molar-refractivity contribution is 5.89. The maximum atomic E-state index is 11.4. The van der Waals surface area contributed by atoms with Crippen LogP contribution in [0.5, 0.6) is 0 Å². The first-order chi connectivity index (χ1) is 7.68. The van der Waals surface area contributed by atoms with E-state index >= 15 is 0 Å². The van der Waals surface area contributed by atoms with Crippen LogP contribution in [-0.4, -0.2) is 28.4 Å². The van der Waals surface area contributed by atoms with Crippen molar-refractivity contribution in [2.75, 3.05) is 6.54 Å². The average molecular weight is 220 g/mol. The Balaban J connectivity index is 2.20. The predicted octanol–water partition coefficient (Wildman–Crippen LogP) is 1.87. The minimum atomic E-state index is -0.925. The maximum absolute atomic E-state index is 11.4. The molecule has 1 aromatic carbocycles. The first-order valence-electron chi connectivity index (χ1n) is 5.43. The third-order valence-electron chi connectivity index (χ3n) is 3.03. The molecule has 1 aliphatic rings. The normalized spacial score (nSPS) is 20.0. The van der Waals surface area contributed by atoms with Gasteiger partial charge in [0.05, 0.1) is 5.56 Å². The number of nitrogens with zero attached hydrogens (tertiary/aromatic N) is 1. The van der Waals surface area contributed by atoms with Gasteiger partial charge in [-0.2, -0.15) is 0 Å². The van der Waals surface area contributed by atoms with Gasteiger partial charge >= 0.3 is 5.97 Å². The number of carboxylic acid groups (broad SMARTS) is 1. The SMILES string of the molecule is O=C(O)c1ccccc1CC1CCC[N+]1=O. The van der Waals surface area contributed by atoms with E-state index in [1.54, 1.807) is 18.2 Å². The van der Waals surface area contributed by atoms with Gasteiger partial charge in [0.1, 0.15) is 0 Å². The quantitative estimate of drug-likeness (QED) is 0.791. The first kappa shape index (κ1) is 10.8. The number of hydrogen-bond donors (Lipinski definition) is 1. The second-order valence-electron chi connectivity index (χ2n) is 4.10. The van der Waals surface area contributed by atoms with Crippen molar-refractivity contribution in [3.8, 4) is 0 Å². The fourth-order valence-corrected chi connectivity index (χ4v) is 2.17. The molecule has 2 rings (SSSR count). The van der Waals surface area contributed by atoms with E-state index < -0.39 is 5.97 Å². The molecule has 4 heteroatoms. The molecule has 0 aromatic heterocycles. The molecular formula is C12H14NO3+. The van der Waals surface area contributed by atoms with Crippen LogP contribution in [0.15, 0.2) is 24.3 Å². The fourth-order valence-electron chi connectivity index (χ4n) is 2.17. The van der Waals surface area contributed by atoms with Crippen molar-refractivity contribution in [1.29, 1.82) is 0 Å². The van der Waals surface area contributed by atoms with Crippen molar-refractivity contribution in [1.82, 2.24) is 0 Å². The zero-order valence-electron chi connectivity index (χ0n) is 8.93. The smallest absolute Gasteiger partial charge is 0.335 e. The number of carboxylic acids is 1. The summed E-state index contributed by atoms with van der Waals surface area (Å²) in [5.74, 6) is -0.925. The molecule has 0 aliphatic carbocycles. The highest BCUT2D eigenvalue weighted by Crippen LogP contribution is 2.19. The van der Waals surface area contributed by atoms with Gasteiger partial charge in [-0.1, -0.05) is 18.2 Å². The predicted molar refractivity (Wildman–Crippen MR) is 58.6 cm³/mol. The van der Waals surface area contributed by atoms with Gasteiger partial charge in [-0.05, 0) is 11.6 Å². The highest BCUT2D eigenvalue weighted by atomic mass is 16.4. The Kier molecular flexibility index (Phi) is 2.99. The van der Waals surface area contributed by atoms with E-state index in [1.165, 1.54) is 0 Å². The molecule has 4 nitrogen and oxygen atoms in total. The topological polar surface area (TPSA) is 57.4 Å². The van der Waals surface area contributed by atoms with Gasteiger partial charge in [0.15, 0.2) is 6.54 Å². The fraction of sp³-hybridized carbons (Fsp3) is 0.417. The molecule has 0 amide bonds. The maximum Gasteiger partial charge on any atom is 0.335 e. The minimum Gasteiger partial charge on any atom is -0.478 e. The van der Waals surface area contributed by atoms with E-state index in [-0.39, 0.29) is 6.04 Å². The molecule has 0 spiro atoms. The molecule has 1 N–H and O–H groups in total. The third-order valence-corrected chi connectivity index (χ3v) is 3.03. The first-order valence-corrected chi connectivity index (χ1v) is 5.43. The van der Waals surface area contributed by atoms with E-state index in [0.717, 1.165) is 23.2 Å². The van der Waals surface area contributed by atoms with Crippen molar-refractivity contribution in [3.63, 3.8) is 0 Å². The van der Waals surface area contributed by atoms with Gasteiger partial charge in [0.2, 0.25) is 6.04 Å². The largest absolute Gasteiger partial charge is 0.478 e. The number of rotatable bonds is 3. The van der Waals surface area contributed by atoms with Crippen molar-refractivity contribution in [3.05, 3.63) is 40.3 Å². The van der Waals surface area contributed by atoms with Gasteiger partial charge in [-0.3, -0.25) is 0 Å². The van der Waals surface area contributed by atoms with Gasteiger partial charge in [0, 0.05) is 28.9 Å². The van der Waals surface area contributed by atoms with Gasteiger partial charge in [-0.25, -0.2) is 4.79 Å². The molecule has 1 aliphatic heterocycles. The lowest BCUT2D eigenvalue weighted by Crippen LogP contribution is -2.20. The molecule has 1 atom stereocenters. The number of nitroso groups, excluding NO2 is 1. The lowest BCUT2D eigenvalue weighted by molar-refractivity contribution is -0.564. The van der Waals surface area contributed by atoms with Crippen LogP contribution < -0.4 is 0 Å². The van der Waals surface area contributed by atoms with Gasteiger partial charge < -0.3 is 5.11 Å². The summed E-state index contributed by atoms with van der Waals surface area (Å²) in [5, 5.41) is 9.01. The third kappa shape index (κ3) is 2.10. The second-order valence-corrected chi connectivity index (χ2v) is 4.10. The molecule has 84 valence electrons. The van der Waals surface area contributed by atoms with Gasteiger partial charge in [0.25, 0.3) is 0 Å². The molecule has 0 radical (unpaired) electrons. The van der Waals surface area contributed by atoms with Crippen molar-refractivity contribution in [2.24, 2.45) is 0 Å². The minimum absolute atomic E-state index is 0.0551. The Morgan fingerprint density at radius 1 is 1.44 bits per heavy atom. The Morgan fingerprint density at radius 3 is 2.81 bits per heavy atom. The molecule has 0 saturated carbocycles. The Hall–Kier alpha value is -1.71. The summed E-state index contributed by atoms with van der Waals surface area (Å²) >= 11 is 0. The van der Waals surface area contributed by atoms with E-state index in [9.17, 15) is 9.70 Å². The summed E-state index contributed by atoms with van der Waals surface area (Å²) in [5.41, 5.74) is 1.06. The van der Waals surface area contributed by atoms with Crippen LogP contribution in [0, 0.1) is 4.91 Å². The summed E-state index contributed by atoms with van der Waals surface area (Å²) in [7, 11) is 0. The van der Waals surface area contributed by atoms with E-state index in [1.807, 2.05) is 6.07 Å². The zero-order valence-corrected chi connectivity index (χ0v) is 8.93. The highest BCUT2D eigenvalue weighted by Gasteiger charge is 2.32. The molecule has 1 aromatic rings. The van der Waals surface area contributed by atoms with Crippen LogP contribution in [0.1, 0.15) is 28.8 Å². The zero-order chi connectivity index (χ0) is 11.5. The molecule has 1 fully saturated rings. The summed E-state index contributed by atoms with van der Waals surface area (Å²) in [6, 6.07) is 6.83. The lowest BCUT2D eigenvalue weighted by atomic mass is 9.99. The Labute approximate surface area is 93.5 Å². The monoisotopic (exact) mass is 220 g/mol. The molecule has 16 heavy (non-hydrogen) atoms. The molecule has 1 heterocycles. The summed E-state index contributed by atoms with van der Waals surface area (Å²) in [4.78, 5) is 22.4. The number of aromatic carboxylic acids is 1. The van der Waals surface area contributed by atoms with Crippen LogP contribution in [0.4, 0.5) is 0 Å². The number of hydrogen-bond acceptors (Lipinski definition) is 2. The second kappa shape index (κ2) is 4.43. The Bertz CT molecular complexity index is 428. The van der Waals surface area contributed by atoms with E-state index in [0.29, 0.717) is 18.5 Å². The van der Waals surface area contributed by atoms with Crippen molar-refractivity contribution < 1.29 is 14.7 Å². The average Bonchev–Trinajstić information content (AvgIpc) is 2.65. The summed E-state index contributed by atoms with van der Waals surface area (Å²) in [6.45, 7) is 0.569. The van der Waals surface area contributed by atoms with Crippen LogP contribution >= 0.6 is 0 Å². The van der Waals surface area contributed by atoms with Gasteiger partial charge in [-0.15, -0.1) is 0 Å². The van der Waals surface area contributed by atoms with Crippen LogP contribution in [-0.2, 0) is 6.42 Å². The standard InChI is InChI=1S/C12H13NO3/c14-12(15)11-6-2-1-4-9(11)8-10-5-3-7-13(10)16/h1-2,4,6,10H,3,5,7-8H2/p+1. The lowest BCUT2D eigenvalue weighted by Gasteiger charge is -2.06. The van der Waals surface area contributed by atoms with Crippen molar-refractivity contribution in [2.45, 2.75) is 25.3 Å². The van der Waals surface area contributed by atoms with Crippen LogP contribution in [0.3, 0.4) is 0 Å². The molecule has 0 bridgehead atoms. The number of carbonyl (C=O) groups is 1. The van der Waals surface area contributed by atoms with Crippen LogP contribution in [0.25, 0.3) is 0 Å². The van der Waals surface area contributed by atoms with Crippen molar-refractivity contribution >= 4 is 5.97 Å². The molecular weight excluding hydrogens is 206 g/mol. The molecule has 1 unspecified atom stereocenters. The molecule has 1 saturated heterocycles. The van der Waals surface area contributed by atoms with Crippen LogP contribution in [0.2, 0.25) is 0 Å². The summed E-state index contributed by atoms with van der Waals surface area (Å²) in [6.07, 6.45) is 2.30.